The summed E-state index contributed by atoms with van der Waals surface area (Å²) in [6, 6.07) is 16.5. The van der Waals surface area contributed by atoms with Gasteiger partial charge in [0.1, 0.15) is 0 Å². The summed E-state index contributed by atoms with van der Waals surface area (Å²) >= 11 is 1.76. The molecule has 1 amide bonds. The summed E-state index contributed by atoms with van der Waals surface area (Å²) in [7, 11) is 1.69. The number of amides is 1. The van der Waals surface area contributed by atoms with Crippen LogP contribution in [0.3, 0.4) is 0 Å². The van der Waals surface area contributed by atoms with E-state index in [2.05, 4.69) is 24.3 Å². The number of hydrogen-bond acceptors (Lipinski definition) is 5. The van der Waals surface area contributed by atoms with Gasteiger partial charge in [0.15, 0.2) is 5.69 Å². The van der Waals surface area contributed by atoms with Gasteiger partial charge in [-0.2, -0.15) is 5.10 Å². The fraction of sp³-hybridized carbons (Fsp3) is 0.304. The molecule has 0 atom stereocenters. The van der Waals surface area contributed by atoms with Crippen LogP contribution in [0.4, 0.5) is 0 Å². The van der Waals surface area contributed by atoms with E-state index in [1.807, 2.05) is 33.8 Å². The second-order valence-electron chi connectivity index (χ2n) is 7.38. The lowest BCUT2D eigenvalue weighted by molar-refractivity contribution is 0.0298. The smallest absolute Gasteiger partial charge is 0.274 e. The van der Waals surface area contributed by atoms with E-state index in [9.17, 15) is 4.79 Å². The average Bonchev–Trinajstić information content (AvgIpc) is 3.20. The minimum absolute atomic E-state index is 0.0127. The molecule has 154 valence electrons. The van der Waals surface area contributed by atoms with Gasteiger partial charge < -0.3 is 14.4 Å². The molecule has 2 aromatic carbocycles. The van der Waals surface area contributed by atoms with Crippen molar-refractivity contribution in [1.82, 2.24) is 14.7 Å². The van der Waals surface area contributed by atoms with Crippen LogP contribution >= 0.6 is 11.8 Å². The molecule has 2 aliphatic heterocycles. The number of benzene rings is 2. The molecule has 6 nitrogen and oxygen atoms in total. The van der Waals surface area contributed by atoms with Gasteiger partial charge in [-0.05, 0) is 23.8 Å². The molecular weight excluding hydrogens is 398 g/mol. The van der Waals surface area contributed by atoms with Crippen LogP contribution in [-0.2, 0) is 21.8 Å². The molecule has 3 aromatic rings. The number of rotatable bonds is 4. The topological polar surface area (TPSA) is 56.6 Å². The standard InChI is InChI=1S/C23H23N3O3S/c1-28-14-16-5-4-6-17(13-16)26-22-18-7-2-3-8-20(18)30-15-19(22)21(24-26)23(27)25-9-11-29-12-10-25/h2-8,13H,9-12,14-15H2,1H3. The van der Waals surface area contributed by atoms with Gasteiger partial charge in [0, 0.05) is 42.0 Å². The van der Waals surface area contributed by atoms with Crippen LogP contribution in [-0.4, -0.2) is 54.0 Å². The van der Waals surface area contributed by atoms with Crippen molar-refractivity contribution in [1.29, 1.82) is 0 Å². The van der Waals surface area contributed by atoms with Gasteiger partial charge in [-0.15, -0.1) is 11.8 Å². The maximum Gasteiger partial charge on any atom is 0.274 e. The van der Waals surface area contributed by atoms with E-state index in [1.54, 1.807) is 18.9 Å². The molecule has 0 radical (unpaired) electrons. The molecular formula is C23H23N3O3S. The second-order valence-corrected chi connectivity index (χ2v) is 8.40. The Hall–Kier alpha value is -2.61. The lowest BCUT2D eigenvalue weighted by Gasteiger charge is -2.26. The highest BCUT2D eigenvalue weighted by atomic mass is 32.2. The van der Waals surface area contributed by atoms with Crippen molar-refractivity contribution in [3.63, 3.8) is 0 Å². The molecule has 5 rings (SSSR count). The Kier molecular flexibility index (Phi) is 5.33. The van der Waals surface area contributed by atoms with E-state index in [0.717, 1.165) is 33.8 Å². The van der Waals surface area contributed by atoms with Gasteiger partial charge in [-0.25, -0.2) is 4.68 Å². The molecule has 3 heterocycles. The van der Waals surface area contributed by atoms with Gasteiger partial charge in [-0.1, -0.05) is 30.3 Å². The van der Waals surface area contributed by atoms with Crippen molar-refractivity contribution >= 4 is 17.7 Å². The number of nitrogens with zero attached hydrogens (tertiary/aromatic N) is 3. The minimum Gasteiger partial charge on any atom is -0.380 e. The Bertz CT molecular complexity index is 1090. The molecule has 0 N–H and O–H groups in total. The van der Waals surface area contributed by atoms with E-state index in [0.29, 0.717) is 38.6 Å². The van der Waals surface area contributed by atoms with Crippen LogP contribution in [0.5, 0.6) is 0 Å². The Morgan fingerprint density at radius 1 is 1.17 bits per heavy atom. The zero-order valence-corrected chi connectivity index (χ0v) is 17.7. The molecule has 0 spiro atoms. The van der Waals surface area contributed by atoms with Crippen molar-refractivity contribution in [3.05, 3.63) is 65.4 Å². The number of methoxy groups -OCH3 is 1. The SMILES string of the molecule is COCc1cccc(-n2nc(C(=O)N3CCOCC3)c3c2-c2ccccc2SC3)c1. The number of morpholine rings is 1. The van der Waals surface area contributed by atoms with Crippen LogP contribution in [0.25, 0.3) is 16.9 Å². The molecule has 0 bridgehead atoms. The predicted molar refractivity (Wildman–Crippen MR) is 116 cm³/mol. The lowest BCUT2D eigenvalue weighted by atomic mass is 10.0. The lowest BCUT2D eigenvalue weighted by Crippen LogP contribution is -2.41. The summed E-state index contributed by atoms with van der Waals surface area (Å²) in [6.45, 7) is 2.89. The summed E-state index contributed by atoms with van der Waals surface area (Å²) in [5.74, 6) is 0.719. The van der Waals surface area contributed by atoms with E-state index >= 15 is 0 Å². The van der Waals surface area contributed by atoms with Crippen molar-refractivity contribution in [2.24, 2.45) is 0 Å². The first-order chi connectivity index (χ1) is 14.8. The highest BCUT2D eigenvalue weighted by Gasteiger charge is 2.31. The number of hydrogen-bond donors (Lipinski definition) is 0. The van der Waals surface area contributed by atoms with Crippen LogP contribution in [0.1, 0.15) is 21.6 Å². The third-order valence-electron chi connectivity index (χ3n) is 5.46. The minimum atomic E-state index is -0.0127. The van der Waals surface area contributed by atoms with Crippen LogP contribution in [0.2, 0.25) is 0 Å². The monoisotopic (exact) mass is 421 g/mol. The highest BCUT2D eigenvalue weighted by Crippen LogP contribution is 2.43. The third kappa shape index (κ3) is 3.43. The Morgan fingerprint density at radius 3 is 2.83 bits per heavy atom. The van der Waals surface area contributed by atoms with Crippen LogP contribution < -0.4 is 0 Å². The number of carbonyl (C=O) groups is 1. The molecule has 1 saturated heterocycles. The third-order valence-corrected chi connectivity index (χ3v) is 6.56. The van der Waals surface area contributed by atoms with Gasteiger partial charge in [-0.3, -0.25) is 4.79 Å². The van der Waals surface area contributed by atoms with Crippen molar-refractivity contribution < 1.29 is 14.3 Å². The second kappa shape index (κ2) is 8.26. The van der Waals surface area contributed by atoms with E-state index in [-0.39, 0.29) is 5.91 Å². The summed E-state index contributed by atoms with van der Waals surface area (Å²) in [4.78, 5) is 16.4. The molecule has 1 aromatic heterocycles. The quantitative estimate of drug-likeness (QED) is 0.642. The van der Waals surface area contributed by atoms with Crippen molar-refractivity contribution in [3.8, 4) is 16.9 Å². The number of thioether (sulfide) groups is 1. The van der Waals surface area contributed by atoms with E-state index in [4.69, 9.17) is 14.6 Å². The Balaban J connectivity index is 1.66. The van der Waals surface area contributed by atoms with E-state index < -0.39 is 0 Å². The first-order valence-corrected chi connectivity index (χ1v) is 11.0. The number of aromatic nitrogens is 2. The number of fused-ring (bicyclic) bond motifs is 3. The van der Waals surface area contributed by atoms with Crippen LogP contribution in [0, 0.1) is 0 Å². The molecule has 0 unspecified atom stereocenters. The van der Waals surface area contributed by atoms with Crippen molar-refractivity contribution in [2.45, 2.75) is 17.3 Å². The largest absolute Gasteiger partial charge is 0.380 e. The molecule has 0 saturated carbocycles. The first kappa shape index (κ1) is 19.4. The molecule has 7 heteroatoms. The first-order valence-electron chi connectivity index (χ1n) is 10.1. The Morgan fingerprint density at radius 2 is 2.00 bits per heavy atom. The fourth-order valence-electron chi connectivity index (χ4n) is 4.02. The maximum atomic E-state index is 13.4. The number of carbonyl (C=O) groups excluding carboxylic acids is 1. The summed E-state index contributed by atoms with van der Waals surface area (Å²) in [5.41, 5.74) is 5.69. The number of ether oxygens (including phenoxy) is 2. The molecule has 1 fully saturated rings. The van der Waals surface area contributed by atoms with Crippen molar-refractivity contribution in [2.75, 3.05) is 33.4 Å². The maximum absolute atomic E-state index is 13.4. The zero-order chi connectivity index (χ0) is 20.5. The van der Waals surface area contributed by atoms with Gasteiger partial charge >= 0.3 is 0 Å². The van der Waals surface area contributed by atoms with Gasteiger partial charge in [0.25, 0.3) is 5.91 Å². The van der Waals surface area contributed by atoms with Gasteiger partial charge in [0.05, 0.1) is 31.2 Å². The summed E-state index contributed by atoms with van der Waals surface area (Å²) in [5, 5.41) is 4.87. The van der Waals surface area contributed by atoms with Crippen LogP contribution in [0.15, 0.2) is 53.4 Å². The highest BCUT2D eigenvalue weighted by molar-refractivity contribution is 7.98. The summed E-state index contributed by atoms with van der Waals surface area (Å²) in [6.07, 6.45) is 0. The zero-order valence-electron chi connectivity index (χ0n) is 16.8. The normalized spacial score (nSPS) is 15.6. The molecule has 0 aliphatic carbocycles. The molecule has 30 heavy (non-hydrogen) atoms. The predicted octanol–water partition coefficient (Wildman–Crippen LogP) is 3.76. The fourth-order valence-corrected chi connectivity index (χ4v) is 5.09. The average molecular weight is 422 g/mol. The van der Waals surface area contributed by atoms with E-state index in [1.165, 1.54) is 4.90 Å². The molecule has 2 aliphatic rings. The van der Waals surface area contributed by atoms with Gasteiger partial charge in [0.2, 0.25) is 0 Å². The summed E-state index contributed by atoms with van der Waals surface area (Å²) < 4.78 is 12.7. The Labute approximate surface area is 179 Å².